The number of amides is 1. The smallest absolute Gasteiger partial charge is 0.333 e. The Morgan fingerprint density at radius 2 is 1.96 bits per heavy atom. The molecule has 0 saturated heterocycles. The topological polar surface area (TPSA) is 57.6 Å². The van der Waals surface area contributed by atoms with E-state index in [4.69, 9.17) is 0 Å². The summed E-state index contributed by atoms with van der Waals surface area (Å²) in [6.45, 7) is 4.22. The largest absolute Gasteiger partial charge is 0.478 e. The average Bonchev–Trinajstić information content (AvgIpc) is 2.69. The highest BCUT2D eigenvalue weighted by Crippen LogP contribution is 2.40. The minimum absolute atomic E-state index is 0.0968. The Hall–Kier alpha value is -2.47. The Bertz CT molecular complexity index is 952. The molecule has 2 aromatic carbocycles. The predicted molar refractivity (Wildman–Crippen MR) is 102 cm³/mol. The molecular formula is C20H17BrFNO3. The lowest BCUT2D eigenvalue weighted by molar-refractivity contribution is -0.133. The van der Waals surface area contributed by atoms with Crippen LogP contribution in [0.15, 0.2) is 42.0 Å². The molecular weight excluding hydrogens is 401 g/mol. The van der Waals surface area contributed by atoms with Gasteiger partial charge in [-0.05, 0) is 58.6 Å². The maximum absolute atomic E-state index is 14.5. The van der Waals surface area contributed by atoms with E-state index in [0.29, 0.717) is 5.69 Å². The summed E-state index contributed by atoms with van der Waals surface area (Å²) in [6, 6.07) is 10.3. The molecule has 26 heavy (non-hydrogen) atoms. The second-order valence-electron chi connectivity index (χ2n) is 6.31. The fourth-order valence-corrected chi connectivity index (χ4v) is 3.69. The number of hydrogen-bond donors (Lipinski definition) is 1. The zero-order chi connectivity index (χ0) is 19.0. The van der Waals surface area contributed by atoms with Gasteiger partial charge in [-0.3, -0.25) is 4.79 Å². The predicted octanol–water partition coefficient (Wildman–Crippen LogP) is 4.57. The van der Waals surface area contributed by atoms with Gasteiger partial charge >= 0.3 is 5.97 Å². The van der Waals surface area contributed by atoms with E-state index in [0.717, 1.165) is 16.7 Å². The quantitative estimate of drug-likeness (QED) is 0.795. The standard InChI is InChI=1S/C20H17BrFNO3/c1-11-6-7-13(8-12(11)2)10-23-16-5-3-4-15(22)18(16)19(21)14(20(25)26)9-17(23)24/h3-8H,9-10H2,1-2H3,(H,25,26). The van der Waals surface area contributed by atoms with E-state index in [1.807, 2.05) is 32.0 Å². The maximum Gasteiger partial charge on any atom is 0.333 e. The van der Waals surface area contributed by atoms with Gasteiger partial charge in [-0.1, -0.05) is 24.3 Å². The molecule has 0 unspecified atom stereocenters. The molecule has 0 spiro atoms. The third-order valence-electron chi connectivity index (χ3n) is 4.57. The zero-order valence-electron chi connectivity index (χ0n) is 14.3. The average molecular weight is 418 g/mol. The molecule has 1 heterocycles. The van der Waals surface area contributed by atoms with Crippen molar-refractivity contribution in [1.29, 1.82) is 0 Å². The van der Waals surface area contributed by atoms with Crippen LogP contribution in [-0.2, 0) is 16.1 Å². The van der Waals surface area contributed by atoms with Crippen LogP contribution < -0.4 is 4.90 Å². The van der Waals surface area contributed by atoms with Crippen LogP contribution in [0, 0.1) is 19.7 Å². The molecule has 1 aliphatic heterocycles. The van der Waals surface area contributed by atoms with Crippen LogP contribution in [-0.4, -0.2) is 17.0 Å². The van der Waals surface area contributed by atoms with Gasteiger partial charge < -0.3 is 10.0 Å². The van der Waals surface area contributed by atoms with Gasteiger partial charge in [0.2, 0.25) is 5.91 Å². The number of carbonyl (C=O) groups is 2. The maximum atomic E-state index is 14.5. The molecule has 0 radical (unpaired) electrons. The summed E-state index contributed by atoms with van der Waals surface area (Å²) in [5.41, 5.74) is 3.43. The fraction of sp³-hybridized carbons (Fsp3) is 0.200. The van der Waals surface area contributed by atoms with Crippen LogP contribution in [0.2, 0.25) is 0 Å². The molecule has 134 valence electrons. The Morgan fingerprint density at radius 1 is 1.23 bits per heavy atom. The zero-order valence-corrected chi connectivity index (χ0v) is 15.9. The summed E-state index contributed by atoms with van der Waals surface area (Å²) in [7, 11) is 0. The van der Waals surface area contributed by atoms with Crippen molar-refractivity contribution in [2.45, 2.75) is 26.8 Å². The molecule has 6 heteroatoms. The van der Waals surface area contributed by atoms with Crippen molar-refractivity contribution in [3.63, 3.8) is 0 Å². The molecule has 0 bridgehead atoms. The van der Waals surface area contributed by atoms with Crippen molar-refractivity contribution in [1.82, 2.24) is 0 Å². The van der Waals surface area contributed by atoms with Gasteiger partial charge in [-0.25, -0.2) is 9.18 Å². The lowest BCUT2D eigenvalue weighted by atomic mass is 10.1. The molecule has 0 atom stereocenters. The van der Waals surface area contributed by atoms with Crippen LogP contribution in [0.3, 0.4) is 0 Å². The minimum Gasteiger partial charge on any atom is -0.478 e. The molecule has 3 rings (SSSR count). The van der Waals surface area contributed by atoms with Gasteiger partial charge in [0.05, 0.1) is 24.2 Å². The summed E-state index contributed by atoms with van der Waals surface area (Å²) < 4.78 is 14.6. The number of carboxylic acid groups (broad SMARTS) is 1. The highest BCUT2D eigenvalue weighted by Gasteiger charge is 2.31. The summed E-state index contributed by atoms with van der Waals surface area (Å²) in [5, 5.41) is 9.43. The van der Waals surface area contributed by atoms with Crippen molar-refractivity contribution < 1.29 is 19.1 Å². The van der Waals surface area contributed by atoms with Crippen molar-refractivity contribution in [3.8, 4) is 0 Å². The first kappa shape index (κ1) is 18.3. The first-order valence-electron chi connectivity index (χ1n) is 8.07. The summed E-state index contributed by atoms with van der Waals surface area (Å²) in [4.78, 5) is 25.8. The van der Waals surface area contributed by atoms with Crippen LogP contribution in [0.25, 0.3) is 4.48 Å². The molecule has 1 aliphatic rings. The van der Waals surface area contributed by atoms with E-state index >= 15 is 0 Å². The number of anilines is 1. The third kappa shape index (κ3) is 3.29. The SMILES string of the molecule is Cc1ccc(CN2C(=O)CC(C(=O)O)=C(Br)c3c(F)cccc32)cc1C. The molecule has 0 saturated carbocycles. The van der Waals surface area contributed by atoms with Crippen molar-refractivity contribution >= 4 is 38.0 Å². The van der Waals surface area contributed by atoms with E-state index in [9.17, 15) is 19.1 Å². The number of hydrogen-bond acceptors (Lipinski definition) is 2. The normalized spacial score (nSPS) is 14.3. The Labute approximate surface area is 159 Å². The number of rotatable bonds is 3. The molecule has 4 nitrogen and oxygen atoms in total. The third-order valence-corrected chi connectivity index (χ3v) is 5.44. The van der Waals surface area contributed by atoms with Gasteiger partial charge in [0.1, 0.15) is 5.82 Å². The number of halogens is 2. The summed E-state index contributed by atoms with van der Waals surface area (Å²) in [5.74, 6) is -2.21. The van der Waals surface area contributed by atoms with Crippen LogP contribution in [0.5, 0.6) is 0 Å². The first-order valence-corrected chi connectivity index (χ1v) is 8.86. The molecule has 1 amide bonds. The Kier molecular flexibility index (Phi) is 4.96. The lowest BCUT2D eigenvalue weighted by Gasteiger charge is -2.24. The van der Waals surface area contributed by atoms with E-state index < -0.39 is 11.8 Å². The van der Waals surface area contributed by atoms with Crippen LogP contribution in [0.4, 0.5) is 10.1 Å². The number of nitrogens with zero attached hydrogens (tertiary/aromatic N) is 1. The first-order chi connectivity index (χ1) is 12.3. The summed E-state index contributed by atoms with van der Waals surface area (Å²) in [6.07, 6.45) is -0.311. The van der Waals surface area contributed by atoms with Crippen molar-refractivity contribution in [2.24, 2.45) is 0 Å². The highest BCUT2D eigenvalue weighted by atomic mass is 79.9. The Morgan fingerprint density at radius 3 is 2.62 bits per heavy atom. The van der Waals surface area contributed by atoms with E-state index in [1.165, 1.54) is 17.0 Å². The number of carbonyl (C=O) groups excluding carboxylic acids is 1. The van der Waals surface area contributed by atoms with Gasteiger partial charge in [-0.2, -0.15) is 0 Å². The van der Waals surface area contributed by atoms with Gasteiger partial charge in [0.15, 0.2) is 0 Å². The van der Waals surface area contributed by atoms with Crippen LogP contribution >= 0.6 is 15.9 Å². The molecule has 2 aromatic rings. The van der Waals surface area contributed by atoms with Gasteiger partial charge in [0.25, 0.3) is 0 Å². The molecule has 1 N–H and O–H groups in total. The van der Waals surface area contributed by atoms with Crippen molar-refractivity contribution in [2.75, 3.05) is 4.90 Å². The van der Waals surface area contributed by atoms with E-state index in [1.54, 1.807) is 6.07 Å². The lowest BCUT2D eigenvalue weighted by Crippen LogP contribution is -2.30. The summed E-state index contributed by atoms with van der Waals surface area (Å²) >= 11 is 3.20. The van der Waals surface area contributed by atoms with E-state index in [2.05, 4.69) is 15.9 Å². The molecule has 0 aliphatic carbocycles. The van der Waals surface area contributed by atoms with Gasteiger partial charge in [-0.15, -0.1) is 0 Å². The second kappa shape index (κ2) is 7.03. The second-order valence-corrected chi connectivity index (χ2v) is 7.10. The number of aliphatic carboxylic acids is 1. The van der Waals surface area contributed by atoms with Crippen molar-refractivity contribution in [3.05, 3.63) is 70.0 Å². The molecule has 0 aromatic heterocycles. The number of aryl methyl sites for hydroxylation is 2. The Balaban J connectivity index is 2.12. The number of carboxylic acids is 1. The minimum atomic E-state index is -1.24. The van der Waals surface area contributed by atoms with E-state index in [-0.39, 0.29) is 34.5 Å². The number of fused-ring (bicyclic) bond motifs is 1. The van der Waals surface area contributed by atoms with Gasteiger partial charge in [0, 0.05) is 10.0 Å². The fourth-order valence-electron chi connectivity index (χ4n) is 2.99. The monoisotopic (exact) mass is 417 g/mol. The van der Waals surface area contributed by atoms with Crippen LogP contribution in [0.1, 0.15) is 28.7 Å². The number of benzene rings is 2. The molecule has 0 fully saturated rings. The highest BCUT2D eigenvalue weighted by molar-refractivity contribution is 9.15.